The van der Waals surface area contributed by atoms with Gasteiger partial charge in [0.15, 0.2) is 0 Å². The van der Waals surface area contributed by atoms with E-state index in [2.05, 4.69) is 4.72 Å². The summed E-state index contributed by atoms with van der Waals surface area (Å²) in [6.45, 7) is 3.64. The number of nitrogens with two attached hydrogens (primary N) is 1. The fraction of sp³-hybridized carbons (Fsp3) is 0.571. The van der Waals surface area contributed by atoms with Gasteiger partial charge < -0.3 is 5.73 Å². The molecule has 134 valence electrons. The predicted octanol–water partition coefficient (Wildman–Crippen LogP) is 3.06. The monoisotopic (exact) mass is 374 g/mol. The van der Waals surface area contributed by atoms with E-state index >= 15 is 0 Å². The van der Waals surface area contributed by atoms with Crippen LogP contribution in [-0.4, -0.2) is 20.5 Å². The summed E-state index contributed by atoms with van der Waals surface area (Å²) >= 11 is 0. The number of benzene rings is 1. The minimum absolute atomic E-state index is 0. The van der Waals surface area contributed by atoms with E-state index in [0.29, 0.717) is 12.8 Å². The van der Waals surface area contributed by atoms with Gasteiger partial charge in [-0.3, -0.25) is 0 Å². The summed E-state index contributed by atoms with van der Waals surface area (Å²) in [5.41, 5.74) is 3.58. The maximum Gasteiger partial charge on any atom is 0.416 e. The lowest BCUT2D eigenvalue weighted by molar-refractivity contribution is -0.138. The van der Waals surface area contributed by atoms with Crippen LogP contribution in [0.1, 0.15) is 37.8 Å². The average Bonchev–Trinajstić information content (AvgIpc) is 2.44. The van der Waals surface area contributed by atoms with Crippen LogP contribution in [-0.2, 0) is 22.0 Å². The smallest absolute Gasteiger partial charge is 0.329 e. The number of halogens is 4. The quantitative estimate of drug-likeness (QED) is 0.770. The average molecular weight is 375 g/mol. The minimum atomic E-state index is -4.59. The van der Waals surface area contributed by atoms with Gasteiger partial charge >= 0.3 is 6.18 Å². The summed E-state index contributed by atoms with van der Waals surface area (Å²) in [6, 6.07) is 4.66. The van der Waals surface area contributed by atoms with E-state index in [9.17, 15) is 21.6 Å². The zero-order valence-corrected chi connectivity index (χ0v) is 14.6. The Morgan fingerprint density at radius 1 is 1.13 bits per heavy atom. The summed E-state index contributed by atoms with van der Waals surface area (Å²) < 4.78 is 65.7. The lowest BCUT2D eigenvalue weighted by Gasteiger charge is -2.31. The molecule has 0 aliphatic heterocycles. The number of hydrogen-bond donors (Lipinski definition) is 2. The topological polar surface area (TPSA) is 72.2 Å². The molecule has 0 saturated heterocycles. The molecule has 23 heavy (non-hydrogen) atoms. The van der Waals surface area contributed by atoms with Crippen LogP contribution in [0.3, 0.4) is 0 Å². The fourth-order valence-electron chi connectivity index (χ4n) is 2.22. The highest BCUT2D eigenvalue weighted by Gasteiger charge is 2.35. The second kappa shape index (κ2) is 8.32. The molecule has 0 heterocycles. The Kier molecular flexibility index (Phi) is 8.02. The number of nitrogens with one attached hydrogen (secondary N) is 1. The highest BCUT2D eigenvalue weighted by molar-refractivity contribution is 7.88. The maximum atomic E-state index is 12.9. The number of hydrogen-bond acceptors (Lipinski definition) is 3. The van der Waals surface area contributed by atoms with Crippen LogP contribution in [0.4, 0.5) is 13.2 Å². The first kappa shape index (κ1) is 22.2. The highest BCUT2D eigenvalue weighted by Crippen LogP contribution is 2.32. The number of sulfonamides is 1. The Hall–Kier alpha value is -0.830. The summed E-state index contributed by atoms with van der Waals surface area (Å²) in [5.74, 6) is -0.732. The van der Waals surface area contributed by atoms with E-state index < -0.39 is 33.1 Å². The van der Waals surface area contributed by atoms with Gasteiger partial charge in [-0.25, -0.2) is 13.1 Å². The van der Waals surface area contributed by atoms with E-state index in [0.717, 1.165) is 6.07 Å². The lowest BCUT2D eigenvalue weighted by Crippen LogP contribution is -2.53. The highest BCUT2D eigenvalue weighted by atomic mass is 35.5. The number of alkyl halides is 3. The van der Waals surface area contributed by atoms with Crippen molar-refractivity contribution in [2.75, 3.05) is 6.54 Å². The Morgan fingerprint density at radius 3 is 2.09 bits per heavy atom. The molecular formula is C14H22ClF3N2O2S. The molecule has 0 atom stereocenters. The zero-order valence-electron chi connectivity index (χ0n) is 13.0. The molecule has 0 aromatic heterocycles. The summed E-state index contributed by atoms with van der Waals surface area (Å²) in [7, 11) is -3.94. The van der Waals surface area contributed by atoms with E-state index in [1.807, 2.05) is 0 Å². The van der Waals surface area contributed by atoms with Crippen molar-refractivity contribution in [2.45, 2.75) is 44.2 Å². The van der Waals surface area contributed by atoms with Crippen molar-refractivity contribution in [3.8, 4) is 0 Å². The third kappa shape index (κ3) is 5.95. The van der Waals surface area contributed by atoms with Crippen LogP contribution >= 0.6 is 12.4 Å². The van der Waals surface area contributed by atoms with Crippen molar-refractivity contribution in [3.63, 3.8) is 0 Å². The van der Waals surface area contributed by atoms with Gasteiger partial charge in [0.2, 0.25) is 10.0 Å². The molecule has 0 amide bonds. The Balaban J connectivity index is 0.00000484. The van der Waals surface area contributed by atoms with Crippen molar-refractivity contribution in [3.05, 3.63) is 35.4 Å². The molecule has 0 aliphatic rings. The summed E-state index contributed by atoms with van der Waals surface area (Å²) in [5, 5.41) is 0. The standard InChI is InChI=1S/C14H21F3N2O2S.ClH/c1-3-13(4-2,10-18)19-22(20,21)9-11-7-5-6-8-12(11)14(15,16)17;/h5-8,19H,3-4,9-10,18H2,1-2H3;1H. The first-order valence-electron chi connectivity index (χ1n) is 6.96. The van der Waals surface area contributed by atoms with Gasteiger partial charge in [0.1, 0.15) is 0 Å². The molecule has 0 saturated carbocycles. The van der Waals surface area contributed by atoms with Gasteiger partial charge in [-0.1, -0.05) is 32.0 Å². The van der Waals surface area contributed by atoms with Crippen molar-refractivity contribution >= 4 is 22.4 Å². The van der Waals surface area contributed by atoms with Gasteiger partial charge in [-0.2, -0.15) is 13.2 Å². The minimum Gasteiger partial charge on any atom is -0.329 e. The van der Waals surface area contributed by atoms with Crippen molar-refractivity contribution in [2.24, 2.45) is 5.73 Å². The van der Waals surface area contributed by atoms with Gasteiger partial charge in [0.05, 0.1) is 11.3 Å². The second-order valence-corrected chi connectivity index (χ2v) is 6.93. The lowest BCUT2D eigenvalue weighted by atomic mass is 9.95. The Bertz CT molecular complexity index is 594. The Morgan fingerprint density at radius 2 is 1.65 bits per heavy atom. The van der Waals surface area contributed by atoms with Crippen LogP contribution in [0, 0.1) is 0 Å². The summed E-state index contributed by atoms with van der Waals surface area (Å²) in [4.78, 5) is 0. The zero-order chi connectivity index (χ0) is 17.0. The van der Waals surface area contributed by atoms with Crippen LogP contribution < -0.4 is 10.5 Å². The van der Waals surface area contributed by atoms with Crippen LogP contribution in [0.2, 0.25) is 0 Å². The first-order valence-corrected chi connectivity index (χ1v) is 8.61. The van der Waals surface area contributed by atoms with Gasteiger partial charge in [-0.05, 0) is 24.5 Å². The molecule has 3 N–H and O–H groups in total. The van der Waals surface area contributed by atoms with Crippen molar-refractivity contribution < 1.29 is 21.6 Å². The largest absolute Gasteiger partial charge is 0.416 e. The molecule has 4 nitrogen and oxygen atoms in total. The SMILES string of the molecule is CCC(CC)(CN)NS(=O)(=O)Cc1ccccc1C(F)(F)F.Cl. The molecule has 0 bridgehead atoms. The normalized spacial score (nSPS) is 12.8. The third-order valence-electron chi connectivity index (χ3n) is 3.78. The maximum absolute atomic E-state index is 12.9. The van der Waals surface area contributed by atoms with Crippen molar-refractivity contribution in [1.82, 2.24) is 4.72 Å². The first-order chi connectivity index (χ1) is 10.1. The van der Waals surface area contributed by atoms with Crippen LogP contribution in [0.15, 0.2) is 24.3 Å². The molecule has 0 spiro atoms. The van der Waals surface area contributed by atoms with E-state index in [4.69, 9.17) is 5.73 Å². The van der Waals surface area contributed by atoms with Crippen LogP contribution in [0.5, 0.6) is 0 Å². The van der Waals surface area contributed by atoms with Gasteiger partial charge in [0, 0.05) is 12.1 Å². The van der Waals surface area contributed by atoms with E-state index in [1.54, 1.807) is 13.8 Å². The molecule has 1 aromatic carbocycles. The van der Waals surface area contributed by atoms with Gasteiger partial charge in [0.25, 0.3) is 0 Å². The van der Waals surface area contributed by atoms with E-state index in [-0.39, 0.29) is 24.5 Å². The molecule has 0 radical (unpaired) electrons. The van der Waals surface area contributed by atoms with E-state index in [1.165, 1.54) is 18.2 Å². The third-order valence-corrected chi connectivity index (χ3v) is 5.22. The fourth-order valence-corrected chi connectivity index (χ4v) is 3.98. The predicted molar refractivity (Wildman–Crippen MR) is 86.8 cm³/mol. The summed E-state index contributed by atoms with van der Waals surface area (Å²) in [6.07, 6.45) is -3.67. The van der Waals surface area contributed by atoms with Crippen molar-refractivity contribution in [1.29, 1.82) is 0 Å². The second-order valence-electron chi connectivity index (χ2n) is 5.21. The molecule has 0 fully saturated rings. The molecule has 1 aromatic rings. The molecular weight excluding hydrogens is 353 g/mol. The Labute approximate surface area is 141 Å². The van der Waals surface area contributed by atoms with Crippen LogP contribution in [0.25, 0.3) is 0 Å². The molecule has 9 heteroatoms. The number of rotatable bonds is 7. The molecule has 0 aliphatic carbocycles. The molecule has 0 unspecified atom stereocenters. The van der Waals surface area contributed by atoms with Gasteiger partial charge in [-0.15, -0.1) is 12.4 Å². The molecule has 1 rings (SSSR count).